The third-order valence-electron chi connectivity index (χ3n) is 4.98. The van der Waals surface area contributed by atoms with Crippen molar-refractivity contribution in [3.05, 3.63) is 35.4 Å². The summed E-state index contributed by atoms with van der Waals surface area (Å²) in [5.74, 6) is 0. The number of ether oxygens (including phenoxy) is 1. The molecule has 2 fully saturated rings. The van der Waals surface area contributed by atoms with Crippen LogP contribution in [0.2, 0.25) is 0 Å². The normalized spacial score (nSPS) is 22.6. The van der Waals surface area contributed by atoms with E-state index in [4.69, 9.17) is 9.84 Å². The van der Waals surface area contributed by atoms with E-state index < -0.39 is 6.09 Å². The van der Waals surface area contributed by atoms with Crippen molar-refractivity contribution in [2.45, 2.75) is 25.4 Å². The van der Waals surface area contributed by atoms with Crippen LogP contribution in [0.1, 0.15) is 30.0 Å². The van der Waals surface area contributed by atoms with E-state index >= 15 is 0 Å². The number of nitrogens with zero attached hydrogens (tertiary/aromatic N) is 2. The van der Waals surface area contributed by atoms with Gasteiger partial charge >= 0.3 is 6.09 Å². The van der Waals surface area contributed by atoms with Crippen molar-refractivity contribution in [1.82, 2.24) is 15.1 Å². The molecule has 1 atom stereocenters. The molecule has 1 unspecified atom stereocenters. The zero-order valence-corrected chi connectivity index (χ0v) is 14.1. The smallest absolute Gasteiger partial charge is 0.404 e. The summed E-state index contributed by atoms with van der Waals surface area (Å²) in [6.45, 7) is 7.55. The summed E-state index contributed by atoms with van der Waals surface area (Å²) < 4.78 is 5.41. The van der Waals surface area contributed by atoms with Gasteiger partial charge < -0.3 is 15.2 Å². The molecule has 6 heteroatoms. The van der Waals surface area contributed by atoms with Crippen LogP contribution in [0.3, 0.4) is 0 Å². The van der Waals surface area contributed by atoms with Gasteiger partial charge in [0.1, 0.15) is 0 Å². The van der Waals surface area contributed by atoms with E-state index in [1.54, 1.807) is 0 Å². The van der Waals surface area contributed by atoms with Crippen molar-refractivity contribution in [1.29, 1.82) is 0 Å². The molecular formula is C18H27N3O3. The van der Waals surface area contributed by atoms with Gasteiger partial charge in [0.15, 0.2) is 0 Å². The van der Waals surface area contributed by atoms with Gasteiger partial charge in [0.25, 0.3) is 0 Å². The van der Waals surface area contributed by atoms with E-state index in [0.717, 1.165) is 51.5 Å². The predicted octanol–water partition coefficient (Wildman–Crippen LogP) is 1.92. The SMILES string of the molecule is O=C(O)NCc1ccc(C2CCCN2CCN2CCOCC2)cc1. The van der Waals surface area contributed by atoms with Gasteiger partial charge in [-0.25, -0.2) is 4.79 Å². The Bertz CT molecular complexity index is 529. The maximum Gasteiger partial charge on any atom is 0.404 e. The molecule has 2 heterocycles. The highest BCUT2D eigenvalue weighted by Gasteiger charge is 2.26. The second kappa shape index (κ2) is 8.46. The minimum Gasteiger partial charge on any atom is -0.465 e. The predicted molar refractivity (Wildman–Crippen MR) is 92.1 cm³/mol. The third-order valence-corrected chi connectivity index (χ3v) is 4.98. The van der Waals surface area contributed by atoms with Gasteiger partial charge in [0.05, 0.1) is 13.2 Å². The molecule has 2 aliphatic rings. The summed E-state index contributed by atoms with van der Waals surface area (Å²) in [4.78, 5) is 15.6. The molecule has 6 nitrogen and oxygen atoms in total. The molecule has 2 aliphatic heterocycles. The fraction of sp³-hybridized carbons (Fsp3) is 0.611. The molecule has 0 bridgehead atoms. The zero-order chi connectivity index (χ0) is 16.8. The number of likely N-dealkylation sites (tertiary alicyclic amines) is 1. The molecule has 1 amide bonds. The lowest BCUT2D eigenvalue weighted by atomic mass is 10.0. The molecule has 24 heavy (non-hydrogen) atoms. The Morgan fingerprint density at radius 2 is 1.92 bits per heavy atom. The van der Waals surface area contributed by atoms with Crippen LogP contribution in [0.25, 0.3) is 0 Å². The first-order valence-electron chi connectivity index (χ1n) is 8.82. The van der Waals surface area contributed by atoms with E-state index in [2.05, 4.69) is 27.2 Å². The Morgan fingerprint density at radius 1 is 1.17 bits per heavy atom. The molecule has 2 N–H and O–H groups in total. The van der Waals surface area contributed by atoms with Crippen molar-refractivity contribution >= 4 is 6.09 Å². The number of carbonyl (C=O) groups is 1. The first-order valence-corrected chi connectivity index (χ1v) is 8.82. The van der Waals surface area contributed by atoms with Crippen LogP contribution in [0.5, 0.6) is 0 Å². The molecule has 0 saturated carbocycles. The van der Waals surface area contributed by atoms with Crippen LogP contribution >= 0.6 is 0 Å². The van der Waals surface area contributed by atoms with Crippen molar-refractivity contribution in [2.24, 2.45) is 0 Å². The lowest BCUT2D eigenvalue weighted by Gasteiger charge is -2.31. The van der Waals surface area contributed by atoms with Crippen molar-refractivity contribution in [3.63, 3.8) is 0 Å². The Morgan fingerprint density at radius 3 is 2.62 bits per heavy atom. The molecular weight excluding hydrogens is 306 g/mol. The second-order valence-electron chi connectivity index (χ2n) is 6.55. The first kappa shape index (κ1) is 17.2. The van der Waals surface area contributed by atoms with Crippen LogP contribution in [0.15, 0.2) is 24.3 Å². The summed E-state index contributed by atoms with van der Waals surface area (Å²) in [6, 6.07) is 8.85. The molecule has 1 aromatic rings. The van der Waals surface area contributed by atoms with E-state index in [9.17, 15) is 4.79 Å². The van der Waals surface area contributed by atoms with E-state index in [-0.39, 0.29) is 0 Å². The molecule has 1 aromatic carbocycles. The maximum atomic E-state index is 10.6. The molecule has 0 aliphatic carbocycles. The topological polar surface area (TPSA) is 65.0 Å². The van der Waals surface area contributed by atoms with E-state index in [0.29, 0.717) is 12.6 Å². The monoisotopic (exact) mass is 333 g/mol. The average molecular weight is 333 g/mol. The molecule has 132 valence electrons. The molecule has 2 saturated heterocycles. The number of carboxylic acid groups (broad SMARTS) is 1. The average Bonchev–Trinajstić information content (AvgIpc) is 3.08. The van der Waals surface area contributed by atoms with Crippen LogP contribution in [-0.2, 0) is 11.3 Å². The number of amides is 1. The fourth-order valence-corrected chi connectivity index (χ4v) is 3.60. The zero-order valence-electron chi connectivity index (χ0n) is 14.1. The summed E-state index contributed by atoms with van der Waals surface area (Å²) in [5, 5.41) is 11.1. The highest BCUT2D eigenvalue weighted by Crippen LogP contribution is 2.31. The summed E-state index contributed by atoms with van der Waals surface area (Å²) in [7, 11) is 0. The highest BCUT2D eigenvalue weighted by molar-refractivity contribution is 5.64. The van der Waals surface area contributed by atoms with Gasteiger partial charge in [0.2, 0.25) is 0 Å². The Kier molecular flexibility index (Phi) is 6.07. The van der Waals surface area contributed by atoms with Crippen LogP contribution in [-0.4, -0.2) is 66.9 Å². The van der Waals surface area contributed by atoms with Gasteiger partial charge in [-0.1, -0.05) is 24.3 Å². The second-order valence-corrected chi connectivity index (χ2v) is 6.55. The number of nitrogens with one attached hydrogen (secondary N) is 1. The van der Waals surface area contributed by atoms with Gasteiger partial charge in [-0.2, -0.15) is 0 Å². The molecule has 0 radical (unpaired) electrons. The van der Waals surface area contributed by atoms with E-state index in [1.165, 1.54) is 18.4 Å². The first-order chi connectivity index (χ1) is 11.7. The Balaban J connectivity index is 1.53. The fourth-order valence-electron chi connectivity index (χ4n) is 3.60. The van der Waals surface area contributed by atoms with Crippen molar-refractivity contribution in [2.75, 3.05) is 45.9 Å². The number of hydrogen-bond donors (Lipinski definition) is 2. The molecule has 3 rings (SSSR count). The van der Waals surface area contributed by atoms with Crippen LogP contribution in [0.4, 0.5) is 4.79 Å². The lowest BCUT2D eigenvalue weighted by molar-refractivity contribution is 0.0327. The van der Waals surface area contributed by atoms with Crippen LogP contribution in [0, 0.1) is 0 Å². The number of benzene rings is 1. The van der Waals surface area contributed by atoms with Crippen molar-refractivity contribution in [3.8, 4) is 0 Å². The summed E-state index contributed by atoms with van der Waals surface area (Å²) >= 11 is 0. The van der Waals surface area contributed by atoms with Crippen molar-refractivity contribution < 1.29 is 14.6 Å². The van der Waals surface area contributed by atoms with Gasteiger partial charge in [-0.3, -0.25) is 9.80 Å². The van der Waals surface area contributed by atoms with Gasteiger partial charge in [-0.15, -0.1) is 0 Å². The highest BCUT2D eigenvalue weighted by atomic mass is 16.5. The summed E-state index contributed by atoms with van der Waals surface area (Å²) in [5.41, 5.74) is 2.34. The standard InChI is InChI=1S/C18H27N3O3/c22-18(23)19-14-15-3-5-16(6-4-15)17-2-1-7-21(17)9-8-20-10-12-24-13-11-20/h3-6,17,19H,1-2,7-14H2,(H,22,23). The van der Waals surface area contributed by atoms with E-state index in [1.807, 2.05) is 12.1 Å². The minimum atomic E-state index is -0.982. The largest absolute Gasteiger partial charge is 0.465 e. The molecule has 0 spiro atoms. The maximum absolute atomic E-state index is 10.6. The quantitative estimate of drug-likeness (QED) is 0.833. The molecule has 0 aromatic heterocycles. The minimum absolute atomic E-state index is 0.362. The van der Waals surface area contributed by atoms with Crippen LogP contribution < -0.4 is 5.32 Å². The third kappa shape index (κ3) is 4.69. The number of morpholine rings is 1. The van der Waals surface area contributed by atoms with Gasteiger partial charge in [0, 0.05) is 38.8 Å². The van der Waals surface area contributed by atoms with Gasteiger partial charge in [-0.05, 0) is 30.5 Å². The number of hydrogen-bond acceptors (Lipinski definition) is 4. The Labute approximate surface area is 143 Å². The lowest BCUT2D eigenvalue weighted by Crippen LogP contribution is -2.41. The number of rotatable bonds is 6. The Hall–Kier alpha value is -1.63. The summed E-state index contributed by atoms with van der Waals surface area (Å²) in [6.07, 6.45) is 1.47.